The van der Waals surface area contributed by atoms with Crippen LogP contribution in [0.25, 0.3) is 0 Å². The van der Waals surface area contributed by atoms with E-state index >= 15 is 0 Å². The van der Waals surface area contributed by atoms with Crippen LogP contribution in [0.2, 0.25) is 0 Å². The Balaban J connectivity index is 2.23. The summed E-state index contributed by atoms with van der Waals surface area (Å²) in [5, 5.41) is 11.8. The summed E-state index contributed by atoms with van der Waals surface area (Å²) in [6.07, 6.45) is 1.80. The molecule has 1 amide bonds. The zero-order valence-electron chi connectivity index (χ0n) is 10.2. The average molecular weight is 266 g/mol. The third-order valence-electron chi connectivity index (χ3n) is 3.19. The standard InChI is InChI=1S/C13H15FN2O3/c14-8-2-1-3-9(12(8)13(15)19)16-10(6-11(17)18)7-4-5-7/h1-3,7,10,16H,4-6H2,(H2,15,19)(H,17,18). The lowest BCUT2D eigenvalue weighted by Crippen LogP contribution is -2.27. The lowest BCUT2D eigenvalue weighted by atomic mass is 10.1. The number of hydrogen-bond acceptors (Lipinski definition) is 3. The zero-order chi connectivity index (χ0) is 14.0. The molecule has 1 fully saturated rings. The van der Waals surface area contributed by atoms with Crippen LogP contribution < -0.4 is 11.1 Å². The first-order chi connectivity index (χ1) is 8.99. The number of benzene rings is 1. The molecule has 1 aliphatic carbocycles. The summed E-state index contributed by atoms with van der Waals surface area (Å²) in [5.74, 6) is -2.26. The van der Waals surface area contributed by atoms with Gasteiger partial charge < -0.3 is 16.2 Å². The van der Waals surface area contributed by atoms with Gasteiger partial charge >= 0.3 is 5.97 Å². The van der Waals surface area contributed by atoms with E-state index in [-0.39, 0.29) is 29.6 Å². The van der Waals surface area contributed by atoms with Gasteiger partial charge in [0.25, 0.3) is 5.91 Å². The van der Waals surface area contributed by atoms with Crippen LogP contribution in [0.15, 0.2) is 18.2 Å². The Morgan fingerprint density at radius 3 is 2.68 bits per heavy atom. The summed E-state index contributed by atoms with van der Waals surface area (Å²) in [6.45, 7) is 0. The number of nitrogens with one attached hydrogen (secondary N) is 1. The van der Waals surface area contributed by atoms with Gasteiger partial charge in [-0.3, -0.25) is 9.59 Å². The van der Waals surface area contributed by atoms with Gasteiger partial charge in [-0.1, -0.05) is 6.07 Å². The smallest absolute Gasteiger partial charge is 0.305 e. The number of carbonyl (C=O) groups is 2. The highest BCUT2D eigenvalue weighted by molar-refractivity contribution is 5.98. The van der Waals surface area contributed by atoms with Gasteiger partial charge in [0.15, 0.2) is 0 Å². The lowest BCUT2D eigenvalue weighted by molar-refractivity contribution is -0.137. The van der Waals surface area contributed by atoms with Gasteiger partial charge in [-0.05, 0) is 30.9 Å². The Kier molecular flexibility index (Phi) is 3.69. The second-order valence-corrected chi connectivity index (χ2v) is 4.71. The van der Waals surface area contributed by atoms with E-state index in [4.69, 9.17) is 10.8 Å². The molecule has 5 nitrogen and oxygen atoms in total. The van der Waals surface area contributed by atoms with Crippen molar-refractivity contribution in [2.24, 2.45) is 11.7 Å². The molecule has 0 saturated heterocycles. The van der Waals surface area contributed by atoms with Crippen LogP contribution in [0.1, 0.15) is 29.6 Å². The number of carbonyl (C=O) groups excluding carboxylic acids is 1. The molecule has 0 aromatic heterocycles. The molecule has 1 saturated carbocycles. The first kappa shape index (κ1) is 13.3. The normalized spacial score (nSPS) is 15.8. The van der Waals surface area contributed by atoms with Crippen LogP contribution in [0.3, 0.4) is 0 Å². The number of amides is 1. The van der Waals surface area contributed by atoms with E-state index in [1.165, 1.54) is 12.1 Å². The Hall–Kier alpha value is -2.11. The van der Waals surface area contributed by atoms with E-state index in [0.717, 1.165) is 18.9 Å². The van der Waals surface area contributed by atoms with E-state index in [2.05, 4.69) is 5.32 Å². The van der Waals surface area contributed by atoms with Crippen LogP contribution in [-0.4, -0.2) is 23.0 Å². The molecule has 19 heavy (non-hydrogen) atoms. The van der Waals surface area contributed by atoms with Crippen molar-refractivity contribution >= 4 is 17.6 Å². The molecule has 1 unspecified atom stereocenters. The molecule has 6 heteroatoms. The maximum absolute atomic E-state index is 13.6. The maximum Gasteiger partial charge on any atom is 0.305 e. The topological polar surface area (TPSA) is 92.4 Å². The van der Waals surface area contributed by atoms with Gasteiger partial charge in [-0.2, -0.15) is 0 Å². The lowest BCUT2D eigenvalue weighted by Gasteiger charge is -2.19. The average Bonchev–Trinajstić information content (AvgIpc) is 3.10. The Labute approximate surface area is 109 Å². The summed E-state index contributed by atoms with van der Waals surface area (Å²) < 4.78 is 13.6. The van der Waals surface area contributed by atoms with Gasteiger partial charge in [-0.15, -0.1) is 0 Å². The van der Waals surface area contributed by atoms with Crippen molar-refractivity contribution in [3.05, 3.63) is 29.6 Å². The second-order valence-electron chi connectivity index (χ2n) is 4.71. The van der Waals surface area contributed by atoms with Crippen LogP contribution >= 0.6 is 0 Å². The Bertz CT molecular complexity index is 515. The molecule has 1 aromatic rings. The molecule has 1 aliphatic rings. The Morgan fingerprint density at radius 1 is 1.47 bits per heavy atom. The summed E-state index contributed by atoms with van der Waals surface area (Å²) in [5.41, 5.74) is 5.18. The quantitative estimate of drug-likeness (QED) is 0.729. The molecular formula is C13H15FN2O3. The fourth-order valence-electron chi connectivity index (χ4n) is 2.12. The number of rotatable bonds is 6. The van der Waals surface area contributed by atoms with Crippen LogP contribution in [0.5, 0.6) is 0 Å². The minimum absolute atomic E-state index is 0.0701. The van der Waals surface area contributed by atoms with Crippen LogP contribution in [0.4, 0.5) is 10.1 Å². The highest BCUT2D eigenvalue weighted by atomic mass is 19.1. The molecule has 4 N–H and O–H groups in total. The molecule has 1 aromatic carbocycles. The molecule has 0 heterocycles. The van der Waals surface area contributed by atoms with E-state index < -0.39 is 17.7 Å². The van der Waals surface area contributed by atoms with E-state index in [1.807, 2.05) is 0 Å². The fourth-order valence-corrected chi connectivity index (χ4v) is 2.12. The number of carboxylic acid groups (broad SMARTS) is 1. The summed E-state index contributed by atoms with van der Waals surface area (Å²) >= 11 is 0. The zero-order valence-corrected chi connectivity index (χ0v) is 10.2. The van der Waals surface area contributed by atoms with Crippen molar-refractivity contribution in [1.82, 2.24) is 0 Å². The number of primary amides is 1. The van der Waals surface area contributed by atoms with Gasteiger partial charge in [0.05, 0.1) is 17.7 Å². The molecule has 0 aliphatic heterocycles. The van der Waals surface area contributed by atoms with Gasteiger partial charge in [0, 0.05) is 6.04 Å². The first-order valence-corrected chi connectivity index (χ1v) is 6.05. The van der Waals surface area contributed by atoms with Gasteiger partial charge in [-0.25, -0.2) is 4.39 Å². The SMILES string of the molecule is NC(=O)c1c(F)cccc1NC(CC(=O)O)C1CC1. The van der Waals surface area contributed by atoms with E-state index in [1.54, 1.807) is 0 Å². The van der Waals surface area contributed by atoms with Crippen molar-refractivity contribution in [3.63, 3.8) is 0 Å². The van der Waals surface area contributed by atoms with Gasteiger partial charge in [0.1, 0.15) is 5.82 Å². The predicted octanol–water partition coefficient (Wildman–Crippen LogP) is 1.59. The van der Waals surface area contributed by atoms with Crippen molar-refractivity contribution in [2.75, 3.05) is 5.32 Å². The second kappa shape index (κ2) is 5.26. The summed E-state index contributed by atoms with van der Waals surface area (Å²) in [7, 11) is 0. The van der Waals surface area contributed by atoms with E-state index in [9.17, 15) is 14.0 Å². The summed E-state index contributed by atoms with van der Waals surface area (Å²) in [6, 6.07) is 3.82. The van der Waals surface area contributed by atoms with Crippen molar-refractivity contribution in [3.8, 4) is 0 Å². The number of carboxylic acids is 1. The highest BCUT2D eigenvalue weighted by Crippen LogP contribution is 2.36. The fraction of sp³-hybridized carbons (Fsp3) is 0.385. The molecule has 0 radical (unpaired) electrons. The molecular weight excluding hydrogens is 251 g/mol. The summed E-state index contributed by atoms with van der Waals surface area (Å²) in [4.78, 5) is 22.1. The molecule has 102 valence electrons. The number of nitrogens with two attached hydrogens (primary N) is 1. The number of hydrogen-bond donors (Lipinski definition) is 3. The molecule has 2 rings (SSSR count). The third kappa shape index (κ3) is 3.21. The van der Waals surface area contributed by atoms with E-state index in [0.29, 0.717) is 0 Å². The number of halogens is 1. The number of aliphatic carboxylic acids is 1. The van der Waals surface area contributed by atoms with Crippen molar-refractivity contribution in [2.45, 2.75) is 25.3 Å². The molecule has 0 spiro atoms. The van der Waals surface area contributed by atoms with Crippen LogP contribution in [-0.2, 0) is 4.79 Å². The number of anilines is 1. The predicted molar refractivity (Wildman–Crippen MR) is 67.3 cm³/mol. The monoisotopic (exact) mass is 266 g/mol. The van der Waals surface area contributed by atoms with Crippen molar-refractivity contribution < 1.29 is 19.1 Å². The largest absolute Gasteiger partial charge is 0.481 e. The maximum atomic E-state index is 13.6. The minimum atomic E-state index is -0.929. The van der Waals surface area contributed by atoms with Gasteiger partial charge in [0.2, 0.25) is 0 Å². The Morgan fingerprint density at radius 2 is 2.16 bits per heavy atom. The minimum Gasteiger partial charge on any atom is -0.481 e. The molecule has 0 bridgehead atoms. The molecule has 1 atom stereocenters. The van der Waals surface area contributed by atoms with Crippen LogP contribution in [0, 0.1) is 11.7 Å². The van der Waals surface area contributed by atoms with Crippen molar-refractivity contribution in [1.29, 1.82) is 0 Å². The first-order valence-electron chi connectivity index (χ1n) is 6.05. The third-order valence-corrected chi connectivity index (χ3v) is 3.19. The highest BCUT2D eigenvalue weighted by Gasteiger charge is 2.33.